The Morgan fingerprint density at radius 1 is 1.17 bits per heavy atom. The zero-order valence-electron chi connectivity index (χ0n) is 16.5. The van der Waals surface area contributed by atoms with Crippen LogP contribution in [0.25, 0.3) is 10.9 Å². The second-order valence-electron chi connectivity index (χ2n) is 7.20. The minimum Gasteiger partial charge on any atom is -0.507 e. The number of carbonyl (C=O) groups excluding carboxylic acids is 2. The maximum absolute atomic E-state index is 13.1. The van der Waals surface area contributed by atoms with Gasteiger partial charge in [0, 0.05) is 31.0 Å². The minimum absolute atomic E-state index is 0.117. The Kier molecular flexibility index (Phi) is 4.96. The molecular formula is C22H23N3O4. The number of aromatic nitrogens is 2. The highest BCUT2D eigenvalue weighted by Crippen LogP contribution is 2.32. The van der Waals surface area contributed by atoms with Crippen LogP contribution in [0.15, 0.2) is 30.3 Å². The van der Waals surface area contributed by atoms with Crippen molar-refractivity contribution in [1.29, 1.82) is 0 Å². The third kappa shape index (κ3) is 3.44. The zero-order valence-corrected chi connectivity index (χ0v) is 16.5. The summed E-state index contributed by atoms with van der Waals surface area (Å²) in [4.78, 5) is 26.9. The number of benzene rings is 2. The number of Topliss-reactive ketones (excluding diaryl/α,β-unsaturated/α-hetero) is 1. The van der Waals surface area contributed by atoms with Crippen molar-refractivity contribution in [2.75, 3.05) is 6.61 Å². The van der Waals surface area contributed by atoms with Crippen LogP contribution in [0.3, 0.4) is 0 Å². The molecule has 0 saturated heterocycles. The smallest absolute Gasteiger partial charge is 0.258 e. The Hall–Kier alpha value is -3.35. The first-order valence-electron chi connectivity index (χ1n) is 9.80. The van der Waals surface area contributed by atoms with E-state index < -0.39 is 0 Å². The number of rotatable bonds is 6. The third-order valence-electron chi connectivity index (χ3n) is 5.15. The van der Waals surface area contributed by atoms with Gasteiger partial charge in [0.15, 0.2) is 5.78 Å². The van der Waals surface area contributed by atoms with E-state index in [1.807, 2.05) is 18.2 Å². The van der Waals surface area contributed by atoms with Crippen LogP contribution in [-0.4, -0.2) is 38.5 Å². The largest absolute Gasteiger partial charge is 0.507 e. The Morgan fingerprint density at radius 3 is 2.72 bits per heavy atom. The molecule has 1 aliphatic heterocycles. The molecule has 1 aromatic heterocycles. The van der Waals surface area contributed by atoms with Gasteiger partial charge in [0.2, 0.25) is 0 Å². The predicted molar refractivity (Wildman–Crippen MR) is 108 cm³/mol. The van der Waals surface area contributed by atoms with Crippen LogP contribution in [0.1, 0.15) is 58.7 Å². The molecule has 0 aliphatic carbocycles. The number of hydrogen-bond donors (Lipinski definition) is 2. The number of carbonyl (C=O) groups is 2. The van der Waals surface area contributed by atoms with Crippen molar-refractivity contribution in [3.8, 4) is 11.5 Å². The summed E-state index contributed by atoms with van der Waals surface area (Å²) in [7, 11) is 0. The summed E-state index contributed by atoms with van der Waals surface area (Å²) in [6.45, 7) is 5.37. The maximum atomic E-state index is 13.1. The summed E-state index contributed by atoms with van der Waals surface area (Å²) >= 11 is 0. The molecule has 2 aromatic carbocycles. The molecule has 2 N–H and O–H groups in total. The van der Waals surface area contributed by atoms with E-state index in [9.17, 15) is 14.7 Å². The summed E-state index contributed by atoms with van der Waals surface area (Å²) in [6.07, 6.45) is 1.24. The lowest BCUT2D eigenvalue weighted by atomic mass is 10.1. The number of phenols is 1. The standard InChI is InChI=1S/C22H23N3O4/c1-3-7-29-15-6-5-13-11-25(12-14(13)8-15)22(28)17-9-16-18(10-20(17)27)23-24-21(16)19(26)4-2/h5-6,8-10,27H,3-4,7,11-12H2,1-2H3,(H,23,24). The molecule has 29 heavy (non-hydrogen) atoms. The first kappa shape index (κ1) is 19.0. The summed E-state index contributed by atoms with van der Waals surface area (Å²) in [5, 5.41) is 17.7. The summed E-state index contributed by atoms with van der Waals surface area (Å²) in [6, 6.07) is 8.86. The van der Waals surface area contributed by atoms with Crippen molar-refractivity contribution in [3.05, 3.63) is 52.7 Å². The van der Waals surface area contributed by atoms with Crippen molar-refractivity contribution < 1.29 is 19.4 Å². The molecular weight excluding hydrogens is 370 g/mol. The van der Waals surface area contributed by atoms with Gasteiger partial charge in [-0.2, -0.15) is 5.10 Å². The topological polar surface area (TPSA) is 95.5 Å². The fraction of sp³-hybridized carbons (Fsp3) is 0.318. The van der Waals surface area contributed by atoms with Crippen molar-refractivity contribution >= 4 is 22.6 Å². The van der Waals surface area contributed by atoms with Gasteiger partial charge in [-0.1, -0.05) is 19.9 Å². The summed E-state index contributed by atoms with van der Waals surface area (Å²) in [5.74, 6) is 0.260. The molecule has 0 unspecified atom stereocenters. The fourth-order valence-electron chi connectivity index (χ4n) is 3.60. The van der Waals surface area contributed by atoms with E-state index in [-0.39, 0.29) is 23.0 Å². The van der Waals surface area contributed by atoms with Crippen LogP contribution >= 0.6 is 0 Å². The van der Waals surface area contributed by atoms with Crippen LogP contribution in [0.2, 0.25) is 0 Å². The lowest BCUT2D eigenvalue weighted by Crippen LogP contribution is -2.25. The van der Waals surface area contributed by atoms with Crippen molar-refractivity contribution in [2.45, 2.75) is 39.8 Å². The van der Waals surface area contributed by atoms with E-state index in [4.69, 9.17) is 4.74 Å². The SMILES string of the molecule is CCCOc1ccc2c(c1)CN(C(=O)c1cc3c(C(=O)CC)n[nH]c3cc1O)C2. The first-order valence-corrected chi connectivity index (χ1v) is 9.80. The number of nitrogens with zero attached hydrogens (tertiary/aromatic N) is 2. The van der Waals surface area contributed by atoms with Gasteiger partial charge in [-0.25, -0.2) is 0 Å². The number of aromatic amines is 1. The average Bonchev–Trinajstić information content (AvgIpc) is 3.33. The van der Waals surface area contributed by atoms with Gasteiger partial charge >= 0.3 is 0 Å². The Bertz CT molecular complexity index is 1100. The maximum Gasteiger partial charge on any atom is 0.258 e. The number of hydrogen-bond acceptors (Lipinski definition) is 5. The first-order chi connectivity index (χ1) is 14.0. The van der Waals surface area contributed by atoms with Gasteiger partial charge in [-0.15, -0.1) is 0 Å². The highest BCUT2D eigenvalue weighted by atomic mass is 16.5. The van der Waals surface area contributed by atoms with Crippen LogP contribution in [0.5, 0.6) is 11.5 Å². The number of ether oxygens (including phenoxy) is 1. The van der Waals surface area contributed by atoms with Gasteiger partial charge in [0.1, 0.15) is 17.2 Å². The van der Waals surface area contributed by atoms with E-state index in [0.717, 1.165) is 23.3 Å². The Labute approximate surface area is 168 Å². The van der Waals surface area contributed by atoms with E-state index in [1.165, 1.54) is 6.07 Å². The van der Waals surface area contributed by atoms with E-state index in [1.54, 1.807) is 17.9 Å². The number of nitrogens with one attached hydrogen (secondary N) is 1. The van der Waals surface area contributed by atoms with Crippen molar-refractivity contribution in [1.82, 2.24) is 15.1 Å². The zero-order chi connectivity index (χ0) is 20.5. The number of phenolic OH excluding ortho intramolecular Hbond substituents is 1. The number of fused-ring (bicyclic) bond motifs is 2. The molecule has 0 fully saturated rings. The molecule has 150 valence electrons. The average molecular weight is 393 g/mol. The number of ketones is 1. The van der Waals surface area contributed by atoms with Crippen LogP contribution < -0.4 is 4.74 Å². The molecule has 1 aliphatic rings. The van der Waals surface area contributed by atoms with Crippen LogP contribution in [0.4, 0.5) is 0 Å². The molecule has 0 radical (unpaired) electrons. The number of aromatic hydroxyl groups is 1. The van der Waals surface area contributed by atoms with Crippen molar-refractivity contribution in [2.24, 2.45) is 0 Å². The number of H-pyrrole nitrogens is 1. The summed E-state index contributed by atoms with van der Waals surface area (Å²) in [5.41, 5.74) is 3.09. The Balaban J connectivity index is 1.62. The van der Waals surface area contributed by atoms with E-state index in [2.05, 4.69) is 17.1 Å². The van der Waals surface area contributed by atoms with Crippen LogP contribution in [0, 0.1) is 0 Å². The lowest BCUT2D eigenvalue weighted by Gasteiger charge is -2.16. The highest BCUT2D eigenvalue weighted by Gasteiger charge is 2.27. The van der Waals surface area contributed by atoms with Gasteiger partial charge in [0.25, 0.3) is 5.91 Å². The van der Waals surface area contributed by atoms with E-state index in [0.29, 0.717) is 42.7 Å². The molecule has 1 amide bonds. The quantitative estimate of drug-likeness (QED) is 0.621. The monoisotopic (exact) mass is 393 g/mol. The van der Waals surface area contributed by atoms with Gasteiger partial charge < -0.3 is 14.7 Å². The van der Waals surface area contributed by atoms with Crippen LogP contribution in [-0.2, 0) is 13.1 Å². The lowest BCUT2D eigenvalue weighted by molar-refractivity contribution is 0.0748. The normalized spacial score (nSPS) is 13.0. The Morgan fingerprint density at radius 2 is 1.97 bits per heavy atom. The van der Waals surface area contributed by atoms with E-state index >= 15 is 0 Å². The van der Waals surface area contributed by atoms with Gasteiger partial charge in [0.05, 0.1) is 17.7 Å². The van der Waals surface area contributed by atoms with Gasteiger partial charge in [-0.05, 0) is 35.7 Å². The second-order valence-corrected chi connectivity index (χ2v) is 7.20. The molecule has 0 atom stereocenters. The molecule has 2 heterocycles. The summed E-state index contributed by atoms with van der Waals surface area (Å²) < 4.78 is 5.68. The third-order valence-corrected chi connectivity index (χ3v) is 5.15. The minimum atomic E-state index is -0.285. The van der Waals surface area contributed by atoms with Crippen molar-refractivity contribution in [3.63, 3.8) is 0 Å². The number of amides is 1. The second kappa shape index (κ2) is 7.58. The molecule has 0 saturated carbocycles. The van der Waals surface area contributed by atoms with Gasteiger partial charge in [-0.3, -0.25) is 14.7 Å². The highest BCUT2D eigenvalue weighted by molar-refractivity contribution is 6.09. The molecule has 7 heteroatoms. The molecule has 7 nitrogen and oxygen atoms in total. The molecule has 3 aromatic rings. The fourth-order valence-corrected chi connectivity index (χ4v) is 3.60. The predicted octanol–water partition coefficient (Wildman–Crippen LogP) is 3.81. The molecule has 0 bridgehead atoms. The molecule has 4 rings (SSSR count). The molecule has 0 spiro atoms.